The van der Waals surface area contributed by atoms with Crippen molar-refractivity contribution in [3.8, 4) is 17.2 Å². The summed E-state index contributed by atoms with van der Waals surface area (Å²) in [4.78, 5) is 14.6. The lowest BCUT2D eigenvalue weighted by atomic mass is 10.1. The maximum atomic E-state index is 12.2. The number of ether oxygens (including phenoxy) is 4. The number of benzene rings is 2. The van der Waals surface area contributed by atoms with E-state index in [0.29, 0.717) is 23.7 Å². The number of rotatable bonds is 14. The zero-order valence-corrected chi connectivity index (χ0v) is 20.3. The van der Waals surface area contributed by atoms with Crippen molar-refractivity contribution in [2.45, 2.75) is 26.2 Å². The maximum absolute atomic E-state index is 12.2. The fourth-order valence-electron chi connectivity index (χ4n) is 3.20. The Balaban J connectivity index is 0.00000512. The molecule has 0 amide bonds. The molecular formula is C25H35ClNO5. The van der Waals surface area contributed by atoms with E-state index in [2.05, 4.69) is 30.4 Å². The van der Waals surface area contributed by atoms with Crippen LogP contribution in [0.25, 0.3) is 0 Å². The summed E-state index contributed by atoms with van der Waals surface area (Å²) in [7, 11) is 4.78. The molecule has 0 N–H and O–H groups in total. The Kier molecular flexibility index (Phi) is 13.3. The zero-order valence-electron chi connectivity index (χ0n) is 19.5. The minimum Gasteiger partial charge on any atom is -0.497 e. The van der Waals surface area contributed by atoms with Gasteiger partial charge in [0.2, 0.25) is 0 Å². The Morgan fingerprint density at radius 1 is 0.938 bits per heavy atom. The third-order valence-electron chi connectivity index (χ3n) is 5.09. The Morgan fingerprint density at radius 2 is 1.66 bits per heavy atom. The van der Waals surface area contributed by atoms with Crippen LogP contribution in [0.1, 0.15) is 35.7 Å². The molecule has 0 saturated heterocycles. The summed E-state index contributed by atoms with van der Waals surface area (Å²) in [5.41, 5.74) is 1.74. The number of hydrogen-bond acceptors (Lipinski definition) is 6. The van der Waals surface area contributed by atoms with Gasteiger partial charge in [-0.2, -0.15) is 0 Å². The Hall–Kier alpha value is -2.44. The third kappa shape index (κ3) is 8.97. The first-order chi connectivity index (χ1) is 15.1. The summed E-state index contributed by atoms with van der Waals surface area (Å²) >= 11 is 0. The van der Waals surface area contributed by atoms with E-state index in [1.807, 2.05) is 12.1 Å². The number of methoxy groups -OCH3 is 3. The summed E-state index contributed by atoms with van der Waals surface area (Å²) in [6.45, 7) is 5.47. The lowest BCUT2D eigenvalue weighted by Crippen LogP contribution is -2.26. The largest absolute Gasteiger partial charge is 0.497 e. The smallest absolute Gasteiger partial charge is 0.338 e. The van der Waals surface area contributed by atoms with E-state index < -0.39 is 0 Å². The molecule has 1 radical (unpaired) electrons. The van der Waals surface area contributed by atoms with E-state index >= 15 is 0 Å². The van der Waals surface area contributed by atoms with Gasteiger partial charge < -0.3 is 23.8 Å². The summed E-state index contributed by atoms with van der Waals surface area (Å²) in [6.07, 6.45) is 5.03. The molecule has 0 bridgehead atoms. The maximum Gasteiger partial charge on any atom is 0.338 e. The van der Waals surface area contributed by atoms with E-state index in [9.17, 15) is 4.79 Å². The molecule has 0 atom stereocenters. The minimum atomic E-state index is -0.346. The zero-order chi connectivity index (χ0) is 22.5. The number of unbranched alkanes of at least 4 members (excludes halogenated alkanes) is 1. The van der Waals surface area contributed by atoms with Crippen LogP contribution < -0.4 is 14.2 Å². The fraction of sp³-hybridized carbons (Fsp3) is 0.440. The fourth-order valence-corrected chi connectivity index (χ4v) is 3.20. The van der Waals surface area contributed by atoms with Gasteiger partial charge in [-0.05, 0) is 74.7 Å². The van der Waals surface area contributed by atoms with Gasteiger partial charge in [0, 0.05) is 6.54 Å². The lowest BCUT2D eigenvalue weighted by Gasteiger charge is -2.20. The van der Waals surface area contributed by atoms with Crippen LogP contribution in [0.5, 0.6) is 17.2 Å². The first-order valence-electron chi connectivity index (χ1n) is 10.7. The second kappa shape index (κ2) is 15.4. The van der Waals surface area contributed by atoms with Gasteiger partial charge in [0.15, 0.2) is 11.5 Å². The highest BCUT2D eigenvalue weighted by Gasteiger charge is 2.12. The van der Waals surface area contributed by atoms with Crippen LogP contribution in [0.3, 0.4) is 0 Å². The summed E-state index contributed by atoms with van der Waals surface area (Å²) in [6, 6.07) is 13.2. The second-order valence-electron chi connectivity index (χ2n) is 7.15. The van der Waals surface area contributed by atoms with E-state index in [4.69, 9.17) is 18.9 Å². The predicted molar refractivity (Wildman–Crippen MR) is 129 cm³/mol. The van der Waals surface area contributed by atoms with Gasteiger partial charge >= 0.3 is 5.97 Å². The average molecular weight is 465 g/mol. The highest BCUT2D eigenvalue weighted by Crippen LogP contribution is 2.27. The molecule has 2 aromatic rings. The number of carbonyl (C=O) groups excluding carboxylic acids is 1. The highest BCUT2D eigenvalue weighted by atomic mass is 35.5. The standard InChI is InChI=1S/C25H34NO5.ClH/c1-5-26(17-8-9-20-10-13-22(28-2)14-11-20)16-6-7-18-31-25(27)21-12-15-23(29-3)24(19-21)30-4;/h8,10-15,19H,5-7,9,16-18H2,1-4H3;1H. The number of nitrogens with zero attached hydrogens (tertiary/aromatic N) is 1. The van der Waals surface area contributed by atoms with Gasteiger partial charge in [-0.15, -0.1) is 12.4 Å². The molecule has 2 rings (SSSR count). The van der Waals surface area contributed by atoms with Gasteiger partial charge in [0.25, 0.3) is 0 Å². The lowest BCUT2D eigenvalue weighted by molar-refractivity contribution is 0.0495. The monoisotopic (exact) mass is 464 g/mol. The van der Waals surface area contributed by atoms with Crippen LogP contribution in [-0.4, -0.2) is 58.4 Å². The molecule has 177 valence electrons. The van der Waals surface area contributed by atoms with E-state index in [1.165, 1.54) is 5.56 Å². The Morgan fingerprint density at radius 3 is 2.28 bits per heavy atom. The molecular weight excluding hydrogens is 430 g/mol. The topological polar surface area (TPSA) is 57.2 Å². The van der Waals surface area contributed by atoms with Crippen LogP contribution in [0.4, 0.5) is 0 Å². The first-order valence-corrected chi connectivity index (χ1v) is 10.7. The van der Waals surface area contributed by atoms with Crippen molar-refractivity contribution in [2.24, 2.45) is 0 Å². The summed E-state index contributed by atoms with van der Waals surface area (Å²) < 4.78 is 21.0. The summed E-state index contributed by atoms with van der Waals surface area (Å²) in [5.74, 6) is 1.64. The normalized spacial score (nSPS) is 10.4. The van der Waals surface area contributed by atoms with Crippen LogP contribution >= 0.6 is 12.4 Å². The van der Waals surface area contributed by atoms with Gasteiger partial charge in [0.1, 0.15) is 5.75 Å². The Bertz CT molecular complexity index is 797. The van der Waals surface area contributed by atoms with Gasteiger partial charge in [-0.3, -0.25) is 0 Å². The molecule has 0 aliphatic carbocycles. The molecule has 6 nitrogen and oxygen atoms in total. The van der Waals surface area contributed by atoms with Crippen molar-refractivity contribution < 1.29 is 23.7 Å². The molecule has 0 heterocycles. The number of carbonyl (C=O) groups is 1. The molecule has 32 heavy (non-hydrogen) atoms. The van der Waals surface area contributed by atoms with Gasteiger partial charge in [-0.25, -0.2) is 4.79 Å². The van der Waals surface area contributed by atoms with Crippen LogP contribution in [-0.2, 0) is 11.2 Å². The minimum absolute atomic E-state index is 0. The highest BCUT2D eigenvalue weighted by molar-refractivity contribution is 5.90. The molecule has 0 spiro atoms. The molecule has 0 fully saturated rings. The molecule has 0 aliphatic rings. The van der Waals surface area contributed by atoms with Crippen LogP contribution in [0, 0.1) is 6.42 Å². The molecule has 0 unspecified atom stereocenters. The van der Waals surface area contributed by atoms with Crippen molar-refractivity contribution in [1.29, 1.82) is 0 Å². The number of halogens is 1. The van der Waals surface area contributed by atoms with Gasteiger partial charge in [0.05, 0.1) is 33.5 Å². The SMILES string of the molecule is CCN(C[CH]Cc1ccc(OC)cc1)CCCCOC(=O)c1ccc(OC)c(OC)c1.Cl. The quantitative estimate of drug-likeness (QED) is 0.294. The van der Waals surface area contributed by atoms with E-state index in [1.54, 1.807) is 39.5 Å². The van der Waals surface area contributed by atoms with Gasteiger partial charge in [-0.1, -0.05) is 19.1 Å². The second-order valence-corrected chi connectivity index (χ2v) is 7.15. The van der Waals surface area contributed by atoms with Crippen molar-refractivity contribution >= 4 is 18.4 Å². The molecule has 2 aromatic carbocycles. The molecule has 7 heteroatoms. The average Bonchev–Trinajstić information content (AvgIpc) is 2.82. The third-order valence-corrected chi connectivity index (χ3v) is 5.09. The summed E-state index contributed by atoms with van der Waals surface area (Å²) in [5, 5.41) is 0. The molecule has 0 saturated carbocycles. The molecule has 0 aromatic heterocycles. The molecule has 0 aliphatic heterocycles. The van der Waals surface area contributed by atoms with Crippen molar-refractivity contribution in [3.05, 3.63) is 60.0 Å². The predicted octanol–water partition coefficient (Wildman–Crippen LogP) is 4.84. The number of hydrogen-bond donors (Lipinski definition) is 0. The van der Waals surface area contributed by atoms with E-state index in [0.717, 1.165) is 44.6 Å². The van der Waals surface area contributed by atoms with Crippen molar-refractivity contribution in [3.63, 3.8) is 0 Å². The first kappa shape index (κ1) is 27.6. The van der Waals surface area contributed by atoms with Crippen molar-refractivity contribution in [1.82, 2.24) is 4.90 Å². The van der Waals surface area contributed by atoms with Crippen molar-refractivity contribution in [2.75, 3.05) is 47.6 Å². The Labute approximate surface area is 198 Å². The van der Waals surface area contributed by atoms with Crippen LogP contribution in [0.15, 0.2) is 42.5 Å². The van der Waals surface area contributed by atoms with E-state index in [-0.39, 0.29) is 18.4 Å². The number of esters is 1. The van der Waals surface area contributed by atoms with Crippen LogP contribution in [0.2, 0.25) is 0 Å².